The Kier molecular flexibility index (Phi) is 11.7. The topological polar surface area (TPSA) is 100 Å². The molecule has 39 heavy (non-hydrogen) atoms. The highest BCUT2D eigenvalue weighted by Gasteiger charge is 2.56. The molecule has 1 fully saturated rings. The zero-order valence-corrected chi connectivity index (χ0v) is 26.0. The molecule has 1 aliphatic heterocycles. The highest BCUT2D eigenvalue weighted by atomic mass is 28.2. The van der Waals surface area contributed by atoms with Gasteiger partial charge in [-0.25, -0.2) is 9.78 Å². The number of para-hydroxylation sites is 1. The van der Waals surface area contributed by atoms with Crippen molar-refractivity contribution < 1.29 is 47.4 Å². The molecule has 4 atom stereocenters. The summed E-state index contributed by atoms with van der Waals surface area (Å²) in [5.41, 5.74) is -0.470. The Balaban J connectivity index is 2.27. The number of ketones is 1. The Morgan fingerprint density at radius 3 is 2.38 bits per heavy atom. The second-order valence-electron chi connectivity index (χ2n) is 10.5. The Labute approximate surface area is 233 Å². The molecule has 0 spiro atoms. The smallest absolute Gasteiger partial charge is 0.188 e. The van der Waals surface area contributed by atoms with Gasteiger partial charge in [-0.1, -0.05) is 32.9 Å². The van der Waals surface area contributed by atoms with Crippen molar-refractivity contribution in [3.63, 3.8) is 0 Å². The second kappa shape index (κ2) is 14.5. The van der Waals surface area contributed by atoms with E-state index in [2.05, 4.69) is 20.8 Å². The first-order valence-corrected chi connectivity index (χ1v) is 13.8. The number of carbonyl (C=O) groups is 1. The fourth-order valence-corrected chi connectivity index (χ4v) is 6.10. The standard InChI is InChI=1S/C28H42O10Si/c1-27(2,3)26(38-39)19-14-22(34-17-31-5)24(25(29)20-10-7-8-11-21(20)33-16-30-4)28(15-19,35-18-32-6)23-12-9-13-36-37-23/h7-8,10-11,14-15,23-24,26H,9,12-13,16-18H2,1-6,39H3. The molecule has 0 N–H and O–H groups in total. The lowest BCUT2D eigenvalue weighted by atomic mass is 9.69. The summed E-state index contributed by atoms with van der Waals surface area (Å²) in [6.07, 6.45) is 4.14. The van der Waals surface area contributed by atoms with Crippen molar-refractivity contribution in [3.05, 3.63) is 53.3 Å². The monoisotopic (exact) mass is 566 g/mol. The molecule has 218 valence electrons. The van der Waals surface area contributed by atoms with Gasteiger partial charge in [0.05, 0.1) is 18.3 Å². The third kappa shape index (κ3) is 7.36. The van der Waals surface area contributed by atoms with E-state index in [1.54, 1.807) is 24.3 Å². The van der Waals surface area contributed by atoms with Gasteiger partial charge in [-0.15, -0.1) is 0 Å². The van der Waals surface area contributed by atoms with Gasteiger partial charge >= 0.3 is 0 Å². The van der Waals surface area contributed by atoms with Crippen molar-refractivity contribution in [1.82, 2.24) is 0 Å². The number of ether oxygens (including phenoxy) is 6. The minimum atomic E-state index is -1.36. The maximum Gasteiger partial charge on any atom is 0.188 e. The first kappa shape index (κ1) is 31.4. The molecule has 10 nitrogen and oxygen atoms in total. The molecule has 3 rings (SSSR count). The van der Waals surface area contributed by atoms with E-state index >= 15 is 0 Å². The van der Waals surface area contributed by atoms with Crippen LogP contribution in [-0.2, 0) is 37.9 Å². The highest BCUT2D eigenvalue weighted by Crippen LogP contribution is 2.47. The van der Waals surface area contributed by atoms with Crippen molar-refractivity contribution in [2.45, 2.75) is 51.4 Å². The zero-order chi connectivity index (χ0) is 28.5. The summed E-state index contributed by atoms with van der Waals surface area (Å²) in [5.74, 6) is -0.537. The number of benzene rings is 1. The summed E-state index contributed by atoms with van der Waals surface area (Å²) in [7, 11) is 5.07. The van der Waals surface area contributed by atoms with E-state index in [0.717, 1.165) is 12.0 Å². The normalized spacial score (nSPS) is 24.6. The van der Waals surface area contributed by atoms with Crippen LogP contribution in [0, 0.1) is 11.3 Å². The maximum absolute atomic E-state index is 14.6. The molecular formula is C28H42O10Si. The van der Waals surface area contributed by atoms with Gasteiger partial charge in [0.25, 0.3) is 0 Å². The van der Waals surface area contributed by atoms with Crippen LogP contribution in [0.25, 0.3) is 0 Å². The molecule has 4 unspecified atom stereocenters. The van der Waals surface area contributed by atoms with Crippen LogP contribution in [0.15, 0.2) is 47.7 Å². The Hall–Kier alpha value is -2.09. The summed E-state index contributed by atoms with van der Waals surface area (Å²) in [6, 6.07) is 7.00. The van der Waals surface area contributed by atoms with Crippen LogP contribution < -0.4 is 4.74 Å². The van der Waals surface area contributed by atoms with E-state index in [9.17, 15) is 4.79 Å². The van der Waals surface area contributed by atoms with Gasteiger partial charge in [-0.3, -0.25) is 4.79 Å². The van der Waals surface area contributed by atoms with Crippen LogP contribution in [-0.4, -0.2) is 82.4 Å². The number of rotatable bonds is 14. The van der Waals surface area contributed by atoms with Gasteiger partial charge in [0.2, 0.25) is 0 Å². The van der Waals surface area contributed by atoms with Crippen LogP contribution in [0.2, 0.25) is 0 Å². The fourth-order valence-electron chi connectivity index (χ4n) is 5.12. The lowest BCUT2D eigenvalue weighted by Crippen LogP contribution is -2.57. The Morgan fingerprint density at radius 1 is 1.08 bits per heavy atom. The first-order valence-electron chi connectivity index (χ1n) is 13.0. The van der Waals surface area contributed by atoms with Crippen LogP contribution in [0.1, 0.15) is 44.0 Å². The van der Waals surface area contributed by atoms with Crippen molar-refractivity contribution >= 4 is 16.3 Å². The maximum atomic E-state index is 14.6. The minimum absolute atomic E-state index is 0.0161. The average molecular weight is 567 g/mol. The quantitative estimate of drug-likeness (QED) is 0.145. The molecule has 1 aromatic carbocycles. The molecule has 0 bridgehead atoms. The summed E-state index contributed by atoms with van der Waals surface area (Å²) >= 11 is 0. The van der Waals surface area contributed by atoms with Gasteiger partial charge in [-0.05, 0) is 48.1 Å². The third-order valence-electron chi connectivity index (χ3n) is 6.66. The van der Waals surface area contributed by atoms with Crippen molar-refractivity contribution in [3.8, 4) is 5.75 Å². The lowest BCUT2D eigenvalue weighted by molar-refractivity contribution is -0.376. The van der Waals surface area contributed by atoms with Gasteiger partial charge in [0, 0.05) is 21.3 Å². The molecule has 2 aliphatic rings. The fraction of sp³-hybridized carbons (Fsp3) is 0.607. The third-order valence-corrected chi connectivity index (χ3v) is 7.13. The minimum Gasteiger partial charge on any atom is -0.471 e. The van der Waals surface area contributed by atoms with Crippen molar-refractivity contribution in [2.24, 2.45) is 11.3 Å². The van der Waals surface area contributed by atoms with E-state index in [-0.39, 0.29) is 37.7 Å². The lowest BCUT2D eigenvalue weighted by Gasteiger charge is -2.47. The molecule has 0 radical (unpaired) electrons. The van der Waals surface area contributed by atoms with E-state index in [4.69, 9.17) is 42.6 Å². The molecule has 0 saturated carbocycles. The highest BCUT2D eigenvalue weighted by molar-refractivity contribution is 6.03. The molecule has 0 amide bonds. The van der Waals surface area contributed by atoms with Crippen LogP contribution >= 0.6 is 0 Å². The summed E-state index contributed by atoms with van der Waals surface area (Å²) in [5, 5.41) is 0. The Bertz CT molecular complexity index is 998. The molecule has 1 saturated heterocycles. The Morgan fingerprint density at radius 2 is 1.77 bits per heavy atom. The van der Waals surface area contributed by atoms with Gasteiger partial charge in [0.1, 0.15) is 46.4 Å². The predicted molar refractivity (Wildman–Crippen MR) is 146 cm³/mol. The van der Waals surface area contributed by atoms with Gasteiger partial charge in [-0.2, -0.15) is 0 Å². The van der Waals surface area contributed by atoms with Crippen LogP contribution in [0.3, 0.4) is 0 Å². The first-order chi connectivity index (χ1) is 18.7. The van der Waals surface area contributed by atoms with Crippen LogP contribution in [0.5, 0.6) is 5.75 Å². The number of hydrogen-bond donors (Lipinski definition) is 0. The summed E-state index contributed by atoms with van der Waals surface area (Å²) in [4.78, 5) is 25.9. The number of carbonyl (C=O) groups excluding carboxylic acids is 1. The molecular weight excluding hydrogens is 524 g/mol. The summed E-state index contributed by atoms with van der Waals surface area (Å²) < 4.78 is 40.2. The molecule has 1 heterocycles. The van der Waals surface area contributed by atoms with Gasteiger partial charge < -0.3 is 32.8 Å². The molecule has 0 aromatic heterocycles. The van der Waals surface area contributed by atoms with E-state index in [0.29, 0.717) is 40.6 Å². The summed E-state index contributed by atoms with van der Waals surface area (Å²) in [6.45, 7) is 6.54. The van der Waals surface area contributed by atoms with Crippen LogP contribution in [0.4, 0.5) is 0 Å². The van der Waals surface area contributed by atoms with E-state index < -0.39 is 17.6 Å². The average Bonchev–Trinajstić information content (AvgIpc) is 2.93. The van der Waals surface area contributed by atoms with Crippen molar-refractivity contribution in [1.29, 1.82) is 0 Å². The van der Waals surface area contributed by atoms with Crippen molar-refractivity contribution in [2.75, 3.05) is 48.3 Å². The van der Waals surface area contributed by atoms with Gasteiger partial charge in [0.15, 0.2) is 19.4 Å². The SMILES string of the molecule is COCOC1=CC(C(O[SiH3])C(C)(C)C)=CC(OCOC)(C2CCCOO2)C1C(=O)c1ccccc1OCOC. The molecule has 1 aromatic rings. The van der Waals surface area contributed by atoms with E-state index in [1.165, 1.54) is 21.3 Å². The number of hydrogen-bond acceptors (Lipinski definition) is 10. The largest absolute Gasteiger partial charge is 0.471 e. The molecule has 11 heteroatoms. The zero-order valence-electron chi connectivity index (χ0n) is 24.0. The van der Waals surface area contributed by atoms with E-state index in [1.807, 2.05) is 12.2 Å². The number of methoxy groups -OCH3 is 3. The molecule has 1 aliphatic carbocycles. The second-order valence-corrected chi connectivity index (χ2v) is 11.0. The predicted octanol–water partition coefficient (Wildman–Crippen LogP) is 3.09. The number of Topliss-reactive ketones (excluding diaryl/α,β-unsaturated/α-hetero) is 1.